The molecule has 0 amide bonds. The summed E-state index contributed by atoms with van der Waals surface area (Å²) in [5.74, 6) is 0.653. The second kappa shape index (κ2) is 4.49. The van der Waals surface area contributed by atoms with E-state index >= 15 is 0 Å². The van der Waals surface area contributed by atoms with Crippen molar-refractivity contribution < 1.29 is 4.52 Å². The zero-order chi connectivity index (χ0) is 8.81. The summed E-state index contributed by atoms with van der Waals surface area (Å²) in [5, 5.41) is 14.9. The third kappa shape index (κ3) is 2.34. The summed E-state index contributed by atoms with van der Waals surface area (Å²) in [6.45, 7) is 1.87. The first kappa shape index (κ1) is 8.71. The lowest BCUT2D eigenvalue weighted by atomic mass is 10.4. The highest BCUT2D eigenvalue weighted by atomic mass is 16.5. The lowest BCUT2D eigenvalue weighted by molar-refractivity contribution is 0.372. The Balaban J connectivity index is 2.38. The zero-order valence-electron chi connectivity index (χ0n) is 6.58. The number of nitrogens with one attached hydrogen (secondary N) is 1. The van der Waals surface area contributed by atoms with Crippen molar-refractivity contribution in [1.29, 1.82) is 5.26 Å². The highest BCUT2D eigenvalue weighted by molar-refractivity contribution is 5.19. The van der Waals surface area contributed by atoms with Gasteiger partial charge in [-0.25, -0.2) is 0 Å². The molecule has 0 saturated heterocycles. The molecule has 0 atom stereocenters. The Labute approximate surface area is 70.1 Å². The largest absolute Gasteiger partial charge is 0.359 e. The van der Waals surface area contributed by atoms with Crippen LogP contribution in [0.25, 0.3) is 0 Å². The van der Waals surface area contributed by atoms with Crippen molar-refractivity contribution in [3.63, 3.8) is 0 Å². The van der Waals surface area contributed by atoms with Gasteiger partial charge in [0.15, 0.2) is 11.5 Å². The van der Waals surface area contributed by atoms with Crippen LogP contribution in [0.4, 0.5) is 0 Å². The van der Waals surface area contributed by atoms with E-state index in [0.29, 0.717) is 24.5 Å². The van der Waals surface area contributed by atoms with Gasteiger partial charge in [-0.2, -0.15) is 5.26 Å². The molecule has 0 fully saturated rings. The Morgan fingerprint density at radius 2 is 2.58 bits per heavy atom. The fourth-order valence-corrected chi connectivity index (χ4v) is 0.763. The van der Waals surface area contributed by atoms with Crippen molar-refractivity contribution in [2.24, 2.45) is 5.73 Å². The van der Waals surface area contributed by atoms with Gasteiger partial charge in [-0.15, -0.1) is 0 Å². The van der Waals surface area contributed by atoms with Crippen LogP contribution in [0.1, 0.15) is 11.5 Å². The van der Waals surface area contributed by atoms with Crippen molar-refractivity contribution in [2.45, 2.75) is 6.54 Å². The topological polar surface area (TPSA) is 87.9 Å². The molecular formula is C7H10N4O. The maximum atomic E-state index is 8.41. The highest BCUT2D eigenvalue weighted by Crippen LogP contribution is 2.00. The Hall–Kier alpha value is -1.38. The minimum atomic E-state index is 0.305. The van der Waals surface area contributed by atoms with Crippen LogP contribution < -0.4 is 11.1 Å². The van der Waals surface area contributed by atoms with Crippen LogP contribution in [0.3, 0.4) is 0 Å². The third-order valence-electron chi connectivity index (χ3n) is 1.29. The first-order chi connectivity index (χ1) is 5.86. The fraction of sp³-hybridized carbons (Fsp3) is 0.429. The van der Waals surface area contributed by atoms with Crippen LogP contribution in [-0.2, 0) is 6.54 Å². The molecule has 5 nitrogen and oxygen atoms in total. The van der Waals surface area contributed by atoms with Crippen LogP contribution in [0.2, 0.25) is 0 Å². The molecule has 0 aliphatic carbocycles. The number of nitrogens with zero attached hydrogens (tertiary/aromatic N) is 2. The van der Waals surface area contributed by atoms with Gasteiger partial charge in [-0.05, 0) is 0 Å². The molecule has 0 radical (unpaired) electrons. The number of nitriles is 1. The average Bonchev–Trinajstić information content (AvgIpc) is 2.53. The number of hydrogen-bond donors (Lipinski definition) is 2. The van der Waals surface area contributed by atoms with E-state index in [9.17, 15) is 0 Å². The van der Waals surface area contributed by atoms with E-state index < -0.39 is 0 Å². The van der Waals surface area contributed by atoms with E-state index in [2.05, 4.69) is 10.5 Å². The van der Waals surface area contributed by atoms with Crippen LogP contribution in [0.5, 0.6) is 0 Å². The quantitative estimate of drug-likeness (QED) is 0.594. The zero-order valence-corrected chi connectivity index (χ0v) is 6.58. The number of aromatic nitrogens is 1. The first-order valence-corrected chi connectivity index (χ1v) is 3.63. The first-order valence-electron chi connectivity index (χ1n) is 3.63. The van der Waals surface area contributed by atoms with Crippen molar-refractivity contribution in [3.05, 3.63) is 17.5 Å². The van der Waals surface area contributed by atoms with Gasteiger partial charge in [-0.3, -0.25) is 0 Å². The minimum absolute atomic E-state index is 0.305. The summed E-state index contributed by atoms with van der Waals surface area (Å²) < 4.78 is 4.83. The molecule has 0 spiro atoms. The second-order valence-corrected chi connectivity index (χ2v) is 2.26. The van der Waals surface area contributed by atoms with Gasteiger partial charge in [0, 0.05) is 19.2 Å². The number of nitrogens with two attached hydrogens (primary N) is 1. The predicted molar refractivity (Wildman–Crippen MR) is 42.0 cm³/mol. The Morgan fingerprint density at radius 1 is 1.75 bits per heavy atom. The summed E-state index contributed by atoms with van der Waals surface area (Å²) in [4.78, 5) is 0. The van der Waals surface area contributed by atoms with E-state index in [-0.39, 0.29) is 0 Å². The SMILES string of the molecule is N#Cc1cc(CNCCN)on1. The summed E-state index contributed by atoms with van der Waals surface area (Å²) in [7, 11) is 0. The molecule has 0 aliphatic heterocycles. The third-order valence-corrected chi connectivity index (χ3v) is 1.29. The lowest BCUT2D eigenvalue weighted by Gasteiger charge is -1.96. The molecule has 1 aromatic heterocycles. The van der Waals surface area contributed by atoms with Gasteiger partial charge in [0.05, 0.1) is 6.54 Å². The molecule has 1 rings (SSSR count). The van der Waals surface area contributed by atoms with Crippen LogP contribution >= 0.6 is 0 Å². The number of hydrogen-bond acceptors (Lipinski definition) is 5. The maximum absolute atomic E-state index is 8.41. The van der Waals surface area contributed by atoms with E-state index in [4.69, 9.17) is 15.5 Å². The van der Waals surface area contributed by atoms with Gasteiger partial charge in [0.25, 0.3) is 0 Å². The Bertz CT molecular complexity index is 275. The van der Waals surface area contributed by atoms with E-state index in [1.807, 2.05) is 6.07 Å². The molecule has 3 N–H and O–H groups in total. The summed E-state index contributed by atoms with van der Waals surface area (Å²) in [6.07, 6.45) is 0. The average molecular weight is 166 g/mol. The molecule has 0 aliphatic rings. The van der Waals surface area contributed by atoms with Crippen molar-refractivity contribution in [1.82, 2.24) is 10.5 Å². The normalized spacial score (nSPS) is 9.67. The van der Waals surface area contributed by atoms with Gasteiger partial charge in [0.1, 0.15) is 6.07 Å². The van der Waals surface area contributed by atoms with Crippen molar-refractivity contribution in [2.75, 3.05) is 13.1 Å². The molecule has 0 bridgehead atoms. The molecule has 0 unspecified atom stereocenters. The van der Waals surface area contributed by atoms with Gasteiger partial charge in [0.2, 0.25) is 0 Å². The lowest BCUT2D eigenvalue weighted by Crippen LogP contribution is -2.21. The fourth-order valence-electron chi connectivity index (χ4n) is 0.763. The smallest absolute Gasteiger partial charge is 0.183 e. The molecule has 12 heavy (non-hydrogen) atoms. The predicted octanol–water partition coefficient (Wildman–Crippen LogP) is -0.405. The second-order valence-electron chi connectivity index (χ2n) is 2.26. The van der Waals surface area contributed by atoms with Gasteiger partial charge < -0.3 is 15.6 Å². The molecule has 0 aromatic carbocycles. The molecule has 1 heterocycles. The molecular weight excluding hydrogens is 156 g/mol. The van der Waals surface area contributed by atoms with Crippen molar-refractivity contribution in [3.8, 4) is 6.07 Å². The van der Waals surface area contributed by atoms with Gasteiger partial charge in [-0.1, -0.05) is 5.16 Å². The monoisotopic (exact) mass is 166 g/mol. The molecule has 5 heteroatoms. The summed E-state index contributed by atoms with van der Waals surface area (Å²) in [6, 6.07) is 3.48. The summed E-state index contributed by atoms with van der Waals surface area (Å²) in [5.41, 5.74) is 5.57. The maximum Gasteiger partial charge on any atom is 0.183 e. The van der Waals surface area contributed by atoms with E-state index in [0.717, 1.165) is 6.54 Å². The van der Waals surface area contributed by atoms with E-state index in [1.54, 1.807) is 6.07 Å². The van der Waals surface area contributed by atoms with Crippen LogP contribution in [0, 0.1) is 11.3 Å². The van der Waals surface area contributed by atoms with Crippen molar-refractivity contribution >= 4 is 0 Å². The summed E-state index contributed by atoms with van der Waals surface area (Å²) >= 11 is 0. The van der Waals surface area contributed by atoms with Crippen LogP contribution in [-0.4, -0.2) is 18.2 Å². The highest BCUT2D eigenvalue weighted by Gasteiger charge is 2.00. The van der Waals surface area contributed by atoms with Gasteiger partial charge >= 0.3 is 0 Å². The Kier molecular flexibility index (Phi) is 3.26. The Morgan fingerprint density at radius 3 is 3.17 bits per heavy atom. The van der Waals surface area contributed by atoms with E-state index in [1.165, 1.54) is 0 Å². The van der Waals surface area contributed by atoms with Crippen LogP contribution in [0.15, 0.2) is 10.6 Å². The number of rotatable bonds is 4. The minimum Gasteiger partial charge on any atom is -0.359 e. The molecule has 1 aromatic rings. The molecule has 64 valence electrons. The molecule has 0 saturated carbocycles. The standard InChI is InChI=1S/C7H10N4O/c8-1-2-10-5-7-3-6(4-9)11-12-7/h3,10H,1-2,5,8H2.